The highest BCUT2D eigenvalue weighted by atomic mass is 32.2. The summed E-state index contributed by atoms with van der Waals surface area (Å²) in [6.45, 7) is 1.43. The van der Waals surface area contributed by atoms with Crippen LogP contribution < -0.4 is 10.9 Å². The highest BCUT2D eigenvalue weighted by Crippen LogP contribution is 2.30. The van der Waals surface area contributed by atoms with E-state index in [-0.39, 0.29) is 5.91 Å². The lowest BCUT2D eigenvalue weighted by Gasteiger charge is -2.11. The Balaban J connectivity index is 1.48. The largest absolute Gasteiger partial charge is 0.423 e. The summed E-state index contributed by atoms with van der Waals surface area (Å²) >= 11 is 3.20. The van der Waals surface area contributed by atoms with Crippen LogP contribution in [0.25, 0.3) is 16.7 Å². The van der Waals surface area contributed by atoms with Gasteiger partial charge in [0.2, 0.25) is 5.91 Å². The second kappa shape index (κ2) is 9.66. The molecule has 0 unspecified atom stereocenters. The number of benzene rings is 2. The first-order valence-corrected chi connectivity index (χ1v) is 12.4. The Morgan fingerprint density at radius 2 is 1.94 bits per heavy atom. The molecule has 3 heterocycles. The molecule has 0 aliphatic rings. The van der Waals surface area contributed by atoms with Crippen LogP contribution in [0.1, 0.15) is 23.2 Å². The molecule has 0 saturated heterocycles. The third-order valence-corrected chi connectivity index (χ3v) is 6.99. The number of para-hydroxylation sites is 1. The zero-order valence-corrected chi connectivity index (χ0v) is 19.9. The lowest BCUT2D eigenvalue weighted by atomic mass is 10.1. The van der Waals surface area contributed by atoms with Crippen molar-refractivity contribution in [1.29, 1.82) is 0 Å². The molecule has 0 aliphatic heterocycles. The molecule has 5 aromatic rings. The summed E-state index contributed by atoms with van der Waals surface area (Å²) in [5, 5.41) is 15.3. The summed E-state index contributed by atoms with van der Waals surface area (Å²) in [7, 11) is 0. The molecular weight excluding hydrogens is 468 g/mol. The fourth-order valence-corrected chi connectivity index (χ4v) is 5.35. The monoisotopic (exact) mass is 488 g/mol. The second-order valence-electron chi connectivity index (χ2n) is 7.60. The fraction of sp³-hybridized carbons (Fsp3) is 0.120. The molecule has 170 valence electrons. The molecule has 0 radical (unpaired) electrons. The Kier molecular flexibility index (Phi) is 6.29. The van der Waals surface area contributed by atoms with Crippen LogP contribution in [0.3, 0.4) is 0 Å². The highest BCUT2D eigenvalue weighted by Gasteiger charge is 2.16. The molecule has 0 saturated carbocycles. The van der Waals surface area contributed by atoms with E-state index in [4.69, 9.17) is 4.42 Å². The Labute approximate surface area is 203 Å². The van der Waals surface area contributed by atoms with E-state index in [1.807, 2.05) is 42.5 Å². The summed E-state index contributed by atoms with van der Waals surface area (Å²) in [5.41, 5.74) is 2.38. The van der Waals surface area contributed by atoms with E-state index in [1.54, 1.807) is 23.5 Å². The summed E-state index contributed by atoms with van der Waals surface area (Å²) in [6, 6.07) is 20.9. The van der Waals surface area contributed by atoms with E-state index < -0.39 is 5.63 Å². The topological polar surface area (TPSA) is 90.0 Å². The summed E-state index contributed by atoms with van der Waals surface area (Å²) in [5.74, 6) is 1.17. The van der Waals surface area contributed by atoms with Crippen LogP contribution in [-0.4, -0.2) is 20.7 Å². The SMILES string of the molecule is CC(=O)Nc1ccc2c(CSc3nnc(Cc4cccs4)n3-c3ccccc3)cc(=O)oc2c1. The number of hydrogen-bond acceptors (Lipinski definition) is 7. The molecule has 0 bridgehead atoms. The third kappa shape index (κ3) is 4.80. The van der Waals surface area contributed by atoms with Gasteiger partial charge in [0.1, 0.15) is 11.4 Å². The molecule has 1 amide bonds. The number of nitrogens with one attached hydrogen (secondary N) is 1. The van der Waals surface area contributed by atoms with Gasteiger partial charge in [-0.25, -0.2) is 4.79 Å². The molecule has 9 heteroatoms. The van der Waals surface area contributed by atoms with Crippen molar-refractivity contribution < 1.29 is 9.21 Å². The minimum absolute atomic E-state index is 0.188. The van der Waals surface area contributed by atoms with Crippen LogP contribution >= 0.6 is 23.1 Å². The van der Waals surface area contributed by atoms with Crippen LogP contribution in [0.5, 0.6) is 0 Å². The number of thioether (sulfide) groups is 1. The van der Waals surface area contributed by atoms with Gasteiger partial charge < -0.3 is 9.73 Å². The van der Waals surface area contributed by atoms with Crippen molar-refractivity contribution in [2.75, 3.05) is 5.32 Å². The van der Waals surface area contributed by atoms with Gasteiger partial charge in [0.25, 0.3) is 0 Å². The normalized spacial score (nSPS) is 11.1. The maximum absolute atomic E-state index is 12.2. The second-order valence-corrected chi connectivity index (χ2v) is 9.57. The molecule has 0 fully saturated rings. The van der Waals surface area contributed by atoms with Crippen molar-refractivity contribution in [3.05, 3.63) is 98.8 Å². The molecular formula is C25H20N4O3S2. The van der Waals surface area contributed by atoms with Crippen molar-refractivity contribution in [2.24, 2.45) is 0 Å². The van der Waals surface area contributed by atoms with Gasteiger partial charge in [0, 0.05) is 52.9 Å². The molecule has 3 aromatic heterocycles. The number of hydrogen-bond donors (Lipinski definition) is 1. The van der Waals surface area contributed by atoms with E-state index in [9.17, 15) is 9.59 Å². The van der Waals surface area contributed by atoms with Gasteiger partial charge >= 0.3 is 5.63 Å². The van der Waals surface area contributed by atoms with E-state index in [2.05, 4.69) is 31.5 Å². The van der Waals surface area contributed by atoms with Crippen molar-refractivity contribution >= 4 is 45.7 Å². The van der Waals surface area contributed by atoms with E-state index in [0.717, 1.165) is 27.6 Å². The average Bonchev–Trinajstić information content (AvgIpc) is 3.47. The smallest absolute Gasteiger partial charge is 0.336 e. The molecule has 7 nitrogen and oxygen atoms in total. The molecule has 0 atom stereocenters. The van der Waals surface area contributed by atoms with E-state index in [1.165, 1.54) is 29.6 Å². The van der Waals surface area contributed by atoms with Gasteiger partial charge in [-0.2, -0.15) is 0 Å². The van der Waals surface area contributed by atoms with Crippen molar-refractivity contribution in [3.8, 4) is 5.69 Å². The predicted molar refractivity (Wildman–Crippen MR) is 135 cm³/mol. The van der Waals surface area contributed by atoms with Crippen molar-refractivity contribution in [3.63, 3.8) is 0 Å². The van der Waals surface area contributed by atoms with Crippen LogP contribution in [0.4, 0.5) is 5.69 Å². The standard InChI is InChI=1S/C25H20N4O3S2/c1-16(30)26-18-9-10-21-17(12-24(31)32-22(21)13-18)15-34-25-28-27-23(14-20-8-5-11-33-20)29(25)19-6-3-2-4-7-19/h2-13H,14-15H2,1H3,(H,26,30). The zero-order valence-electron chi connectivity index (χ0n) is 18.2. The molecule has 5 rings (SSSR count). The van der Waals surface area contributed by atoms with Gasteiger partial charge in [0.05, 0.1) is 0 Å². The van der Waals surface area contributed by atoms with Gasteiger partial charge in [-0.05, 0) is 41.3 Å². The predicted octanol–water partition coefficient (Wildman–Crippen LogP) is 5.28. The maximum Gasteiger partial charge on any atom is 0.336 e. The number of amides is 1. The number of thiophene rings is 1. The zero-order chi connectivity index (χ0) is 23.5. The Morgan fingerprint density at radius 3 is 2.71 bits per heavy atom. The quantitative estimate of drug-likeness (QED) is 0.248. The summed E-state index contributed by atoms with van der Waals surface area (Å²) in [6.07, 6.45) is 0.684. The van der Waals surface area contributed by atoms with Crippen molar-refractivity contribution in [1.82, 2.24) is 14.8 Å². The van der Waals surface area contributed by atoms with Gasteiger partial charge in [-0.3, -0.25) is 9.36 Å². The van der Waals surface area contributed by atoms with Crippen LogP contribution in [0.15, 0.2) is 86.5 Å². The molecule has 2 aromatic carbocycles. The van der Waals surface area contributed by atoms with Crippen molar-refractivity contribution in [2.45, 2.75) is 24.3 Å². The first kappa shape index (κ1) is 22.1. The number of anilines is 1. The van der Waals surface area contributed by atoms with Gasteiger partial charge in [-0.15, -0.1) is 21.5 Å². The Bertz CT molecular complexity index is 1510. The van der Waals surface area contributed by atoms with Crippen LogP contribution in [0, 0.1) is 0 Å². The van der Waals surface area contributed by atoms with E-state index >= 15 is 0 Å². The number of carbonyl (C=O) groups is 1. The highest BCUT2D eigenvalue weighted by molar-refractivity contribution is 7.98. The van der Waals surface area contributed by atoms with Crippen LogP contribution in [-0.2, 0) is 17.0 Å². The minimum Gasteiger partial charge on any atom is -0.423 e. The third-order valence-electron chi connectivity index (χ3n) is 5.13. The number of fused-ring (bicyclic) bond motifs is 1. The first-order chi connectivity index (χ1) is 16.6. The van der Waals surface area contributed by atoms with Crippen LogP contribution in [0.2, 0.25) is 0 Å². The lowest BCUT2D eigenvalue weighted by molar-refractivity contribution is -0.114. The number of carbonyl (C=O) groups excluding carboxylic acids is 1. The number of rotatable bonds is 7. The number of nitrogens with zero attached hydrogens (tertiary/aromatic N) is 3. The minimum atomic E-state index is -0.439. The first-order valence-electron chi connectivity index (χ1n) is 10.6. The van der Waals surface area contributed by atoms with Gasteiger partial charge in [0.15, 0.2) is 5.16 Å². The lowest BCUT2D eigenvalue weighted by Crippen LogP contribution is -2.06. The van der Waals surface area contributed by atoms with Gasteiger partial charge in [-0.1, -0.05) is 36.0 Å². The molecule has 34 heavy (non-hydrogen) atoms. The average molecular weight is 489 g/mol. The Hall–Kier alpha value is -3.69. The fourth-order valence-electron chi connectivity index (χ4n) is 3.69. The molecule has 0 spiro atoms. The summed E-state index contributed by atoms with van der Waals surface area (Å²) in [4.78, 5) is 24.8. The van der Waals surface area contributed by atoms with E-state index in [0.29, 0.717) is 23.4 Å². The molecule has 0 aliphatic carbocycles. The molecule has 1 N–H and O–H groups in total. The maximum atomic E-state index is 12.2. The number of aromatic nitrogens is 3. The summed E-state index contributed by atoms with van der Waals surface area (Å²) < 4.78 is 7.45. The Morgan fingerprint density at radius 1 is 1.09 bits per heavy atom.